The van der Waals surface area contributed by atoms with Crippen molar-refractivity contribution in [2.75, 3.05) is 6.61 Å². The fourth-order valence-electron chi connectivity index (χ4n) is 1.40. The van der Waals surface area contributed by atoms with Crippen molar-refractivity contribution >= 4 is 20.2 Å². The zero-order chi connectivity index (χ0) is 13.0. The van der Waals surface area contributed by atoms with E-state index in [1.165, 1.54) is 0 Å². The lowest BCUT2D eigenvalue weighted by molar-refractivity contribution is 0.162. The molecule has 0 spiro atoms. The second-order valence-corrected chi connectivity index (χ2v) is 8.62. The van der Waals surface area contributed by atoms with Crippen LogP contribution in [-0.2, 0) is 24.4 Å². The maximum atomic E-state index is 10.8. The molecule has 0 aliphatic carbocycles. The second-order valence-electron chi connectivity index (χ2n) is 6.27. The molecule has 98 valence electrons. The fourth-order valence-corrected chi connectivity index (χ4v) is 2.02. The van der Waals surface area contributed by atoms with Crippen molar-refractivity contribution in [1.82, 2.24) is 0 Å². The zero-order valence-electron chi connectivity index (χ0n) is 10.9. The molecule has 0 rings (SSSR count). The summed E-state index contributed by atoms with van der Waals surface area (Å²) in [4.78, 5) is 0. The van der Waals surface area contributed by atoms with Crippen LogP contribution in [0.4, 0.5) is 0 Å². The van der Waals surface area contributed by atoms with Crippen molar-refractivity contribution in [3.8, 4) is 0 Å². The highest BCUT2D eigenvalue weighted by Gasteiger charge is 2.21. The van der Waals surface area contributed by atoms with Crippen LogP contribution < -0.4 is 0 Å². The van der Waals surface area contributed by atoms with Crippen LogP contribution in [0.15, 0.2) is 0 Å². The van der Waals surface area contributed by atoms with E-state index in [9.17, 15) is 4.21 Å². The van der Waals surface area contributed by atoms with E-state index in [1.807, 2.05) is 13.8 Å². The average molecular weight is 268 g/mol. The average Bonchev–Trinajstić information content (AvgIpc) is 1.97. The van der Waals surface area contributed by atoms with Crippen LogP contribution in [0.25, 0.3) is 0 Å². The number of rotatable bonds is 6. The molecule has 1 N–H and O–H groups in total. The van der Waals surface area contributed by atoms with Gasteiger partial charge in [-0.3, -0.25) is 8.74 Å². The van der Waals surface area contributed by atoms with Crippen LogP contribution in [-0.4, -0.2) is 15.4 Å². The van der Waals surface area contributed by atoms with Gasteiger partial charge < -0.3 is 0 Å². The van der Waals surface area contributed by atoms with Gasteiger partial charge in [0.1, 0.15) is 0 Å². The summed E-state index contributed by atoms with van der Waals surface area (Å²) in [5.74, 6) is 0. The van der Waals surface area contributed by atoms with Gasteiger partial charge in [0, 0.05) is 11.2 Å². The monoisotopic (exact) mass is 268 g/mol. The zero-order valence-corrected chi connectivity index (χ0v) is 12.5. The highest BCUT2D eigenvalue weighted by molar-refractivity contribution is 8.27. The van der Waals surface area contributed by atoms with Gasteiger partial charge in [0.2, 0.25) is 0 Å². The van der Waals surface area contributed by atoms with Crippen molar-refractivity contribution < 1.29 is 12.9 Å². The molecule has 16 heavy (non-hydrogen) atoms. The summed E-state index contributed by atoms with van der Waals surface area (Å²) in [5, 5.41) is 0. The molecule has 1 unspecified atom stereocenters. The van der Waals surface area contributed by atoms with E-state index in [4.69, 9.17) is 8.74 Å². The van der Waals surface area contributed by atoms with E-state index in [0.29, 0.717) is 5.41 Å². The molecule has 5 heteroatoms. The lowest BCUT2D eigenvalue weighted by atomic mass is 9.83. The quantitative estimate of drug-likeness (QED) is 0.802. The minimum absolute atomic E-state index is 0.102. The van der Waals surface area contributed by atoms with Crippen molar-refractivity contribution in [3.63, 3.8) is 0 Å². The largest absolute Gasteiger partial charge is 0.285 e. The van der Waals surface area contributed by atoms with Gasteiger partial charge in [-0.1, -0.05) is 41.0 Å². The summed E-state index contributed by atoms with van der Waals surface area (Å²) in [6.45, 7) is 10.9. The van der Waals surface area contributed by atoms with Crippen LogP contribution in [0.5, 0.6) is 0 Å². The van der Waals surface area contributed by atoms with Gasteiger partial charge in [-0.15, -0.1) is 0 Å². The lowest BCUT2D eigenvalue weighted by Gasteiger charge is -2.26. The minimum atomic E-state index is -3.48. The molecule has 0 heterocycles. The van der Waals surface area contributed by atoms with Crippen molar-refractivity contribution in [2.24, 2.45) is 10.8 Å². The number of hydrogen-bond acceptors (Lipinski definition) is 3. The molecule has 0 amide bonds. The normalized spacial score (nSPS) is 17.1. The molecular formula is C11H24O3S2. The Morgan fingerprint density at radius 2 is 1.69 bits per heavy atom. The fraction of sp³-hybridized carbons (Fsp3) is 1.00. The Labute approximate surface area is 105 Å². The third kappa shape index (κ3) is 10.8. The first-order chi connectivity index (χ1) is 6.91. The summed E-state index contributed by atoms with van der Waals surface area (Å²) in [7, 11) is -3.48. The second kappa shape index (κ2) is 5.76. The van der Waals surface area contributed by atoms with E-state index in [1.54, 1.807) is 0 Å². The van der Waals surface area contributed by atoms with Gasteiger partial charge >= 0.3 is 0 Å². The molecule has 0 aliphatic rings. The van der Waals surface area contributed by atoms with Crippen LogP contribution >= 0.6 is 0 Å². The first kappa shape index (κ1) is 16.3. The van der Waals surface area contributed by atoms with Crippen LogP contribution in [0.3, 0.4) is 0 Å². The molecule has 3 nitrogen and oxygen atoms in total. The third-order valence-corrected chi connectivity index (χ3v) is 3.08. The minimum Gasteiger partial charge on any atom is -0.285 e. The van der Waals surface area contributed by atoms with Crippen LogP contribution in [0.1, 0.15) is 53.9 Å². The molecule has 0 fully saturated rings. The SMILES string of the molecule is CC(C)(C)CCCC(C)(C)COS(=O)(O)=S. The summed E-state index contributed by atoms with van der Waals surface area (Å²) in [5.41, 5.74) is 0.231. The van der Waals surface area contributed by atoms with E-state index < -0.39 is 9.05 Å². The highest BCUT2D eigenvalue weighted by Crippen LogP contribution is 2.29. The summed E-state index contributed by atoms with van der Waals surface area (Å²) in [6.07, 6.45) is 3.19. The first-order valence-corrected chi connectivity index (χ1v) is 7.90. The maximum Gasteiger partial charge on any atom is 0.266 e. The molecule has 0 radical (unpaired) electrons. The van der Waals surface area contributed by atoms with Crippen molar-refractivity contribution in [3.05, 3.63) is 0 Å². The molecule has 0 saturated heterocycles. The van der Waals surface area contributed by atoms with Gasteiger partial charge in [-0.25, -0.2) is 0 Å². The smallest absolute Gasteiger partial charge is 0.266 e. The Bertz CT molecular complexity index is 300. The molecule has 0 aromatic carbocycles. The van der Waals surface area contributed by atoms with E-state index in [2.05, 4.69) is 32.0 Å². The predicted octanol–water partition coefficient (Wildman–Crippen LogP) is 3.38. The Morgan fingerprint density at radius 1 is 1.19 bits per heavy atom. The van der Waals surface area contributed by atoms with Crippen molar-refractivity contribution in [1.29, 1.82) is 0 Å². The summed E-state index contributed by atoms with van der Waals surface area (Å²) in [6, 6.07) is 0. The van der Waals surface area contributed by atoms with Gasteiger partial charge in [0.15, 0.2) is 0 Å². The highest BCUT2D eigenvalue weighted by atomic mass is 32.9. The lowest BCUT2D eigenvalue weighted by Crippen LogP contribution is -2.22. The van der Waals surface area contributed by atoms with Gasteiger partial charge in [-0.05, 0) is 23.7 Å². The Morgan fingerprint density at radius 3 is 2.06 bits per heavy atom. The Balaban J connectivity index is 3.97. The molecule has 0 bridgehead atoms. The van der Waals surface area contributed by atoms with Crippen LogP contribution in [0.2, 0.25) is 0 Å². The molecule has 1 atom stereocenters. The predicted molar refractivity (Wildman–Crippen MR) is 71.2 cm³/mol. The van der Waals surface area contributed by atoms with Gasteiger partial charge in [0.05, 0.1) is 6.61 Å². The molecule has 0 aromatic heterocycles. The Hall–Kier alpha value is 0.290. The summed E-state index contributed by atoms with van der Waals surface area (Å²) < 4.78 is 24.4. The maximum absolute atomic E-state index is 10.8. The standard InChI is InChI=1S/C11H24O3S2/c1-10(2,3)7-6-8-11(4,5)9-14-16(12,13)15/h6-9H2,1-5H3,(H,12,13,15). The molecule has 0 saturated carbocycles. The van der Waals surface area contributed by atoms with Gasteiger partial charge in [-0.2, -0.15) is 4.21 Å². The summed E-state index contributed by atoms with van der Waals surface area (Å²) >= 11 is 4.29. The van der Waals surface area contributed by atoms with Gasteiger partial charge in [0.25, 0.3) is 9.05 Å². The third-order valence-electron chi connectivity index (χ3n) is 2.38. The molecular weight excluding hydrogens is 244 g/mol. The topological polar surface area (TPSA) is 46.5 Å². The van der Waals surface area contributed by atoms with Crippen LogP contribution in [0, 0.1) is 10.8 Å². The Kier molecular flexibility index (Phi) is 5.86. The van der Waals surface area contributed by atoms with E-state index >= 15 is 0 Å². The van der Waals surface area contributed by atoms with Crippen molar-refractivity contribution in [2.45, 2.75) is 53.9 Å². The first-order valence-electron chi connectivity index (χ1n) is 5.53. The molecule has 0 aliphatic heterocycles. The van der Waals surface area contributed by atoms with E-state index in [0.717, 1.165) is 19.3 Å². The number of hydrogen-bond donors (Lipinski definition) is 1. The van der Waals surface area contributed by atoms with E-state index in [-0.39, 0.29) is 12.0 Å². The molecule has 0 aromatic rings.